The van der Waals surface area contributed by atoms with Crippen LogP contribution in [0.15, 0.2) is 95.0 Å². The second-order valence-corrected chi connectivity index (χ2v) is 10.8. The number of aliphatic hydroxyl groups is 1. The molecule has 9 nitrogen and oxygen atoms in total. The lowest BCUT2D eigenvalue weighted by molar-refractivity contribution is -0.122. The zero-order valence-electron chi connectivity index (χ0n) is 21.1. The zero-order valence-corrected chi connectivity index (χ0v) is 21.9. The summed E-state index contributed by atoms with van der Waals surface area (Å²) in [6, 6.07) is 24.8. The molecular weight excluding hydrogens is 506 g/mol. The summed E-state index contributed by atoms with van der Waals surface area (Å²) in [7, 11) is -2.51. The topological polar surface area (TPSA) is 118 Å². The Kier molecular flexibility index (Phi) is 9.11. The highest BCUT2D eigenvalue weighted by molar-refractivity contribution is 7.89. The molecule has 200 valence electrons. The van der Waals surface area contributed by atoms with Crippen molar-refractivity contribution in [1.82, 2.24) is 9.62 Å². The van der Waals surface area contributed by atoms with Gasteiger partial charge in [0.15, 0.2) is 0 Å². The first-order valence-corrected chi connectivity index (χ1v) is 13.7. The lowest BCUT2D eigenvalue weighted by atomic mass is 10.1. The van der Waals surface area contributed by atoms with Crippen LogP contribution in [0, 0.1) is 0 Å². The van der Waals surface area contributed by atoms with Gasteiger partial charge in [-0.25, -0.2) is 8.42 Å². The molecule has 1 aliphatic heterocycles. The maximum atomic E-state index is 13.6. The first-order valence-electron chi connectivity index (χ1n) is 12.3. The first kappa shape index (κ1) is 27.3. The fourth-order valence-electron chi connectivity index (χ4n) is 4.27. The van der Waals surface area contributed by atoms with Crippen LogP contribution in [0.2, 0.25) is 0 Å². The molecule has 2 N–H and O–H groups in total. The Bertz CT molecular complexity index is 1330. The van der Waals surface area contributed by atoms with Crippen molar-refractivity contribution in [3.8, 4) is 16.9 Å². The van der Waals surface area contributed by atoms with E-state index in [1.807, 2.05) is 48.5 Å². The van der Waals surface area contributed by atoms with Crippen molar-refractivity contribution >= 4 is 21.6 Å². The van der Waals surface area contributed by atoms with Crippen molar-refractivity contribution in [2.75, 3.05) is 26.8 Å². The third kappa shape index (κ3) is 6.97. The van der Waals surface area contributed by atoms with E-state index in [0.29, 0.717) is 11.5 Å². The fourth-order valence-corrected chi connectivity index (χ4v) is 5.88. The van der Waals surface area contributed by atoms with Gasteiger partial charge in [-0.2, -0.15) is 4.31 Å². The molecule has 1 heterocycles. The van der Waals surface area contributed by atoms with Gasteiger partial charge >= 0.3 is 0 Å². The van der Waals surface area contributed by atoms with Crippen molar-refractivity contribution in [2.45, 2.75) is 29.9 Å². The maximum Gasteiger partial charge on any atom is 0.243 e. The normalized spacial score (nSPS) is 17.7. The van der Waals surface area contributed by atoms with Crippen LogP contribution in [-0.4, -0.2) is 68.4 Å². The number of sulfonamides is 1. The van der Waals surface area contributed by atoms with Gasteiger partial charge in [-0.15, -0.1) is 0 Å². The van der Waals surface area contributed by atoms with Crippen molar-refractivity contribution < 1.29 is 27.9 Å². The van der Waals surface area contributed by atoms with E-state index >= 15 is 0 Å². The average molecular weight is 538 g/mol. The maximum absolute atomic E-state index is 13.6. The molecule has 1 fully saturated rings. The molecule has 38 heavy (non-hydrogen) atoms. The van der Waals surface area contributed by atoms with Gasteiger partial charge in [0.1, 0.15) is 25.6 Å². The number of oxime groups is 1. The molecule has 4 rings (SSSR count). The van der Waals surface area contributed by atoms with E-state index < -0.39 is 22.2 Å². The number of para-hydroxylation sites is 1. The third-order valence-electron chi connectivity index (χ3n) is 6.15. The summed E-state index contributed by atoms with van der Waals surface area (Å²) in [6.45, 7) is 0.0189. The number of aliphatic hydroxyl groups excluding tert-OH is 1. The van der Waals surface area contributed by atoms with Crippen LogP contribution in [-0.2, 0) is 19.7 Å². The molecule has 3 aromatic rings. The Morgan fingerprint density at radius 3 is 2.32 bits per heavy atom. The minimum absolute atomic E-state index is 0.0118. The summed E-state index contributed by atoms with van der Waals surface area (Å²) in [5.41, 5.74) is 2.42. The van der Waals surface area contributed by atoms with E-state index in [-0.39, 0.29) is 43.3 Å². The van der Waals surface area contributed by atoms with Crippen LogP contribution in [0.25, 0.3) is 11.1 Å². The van der Waals surface area contributed by atoms with Gasteiger partial charge in [0, 0.05) is 25.4 Å². The number of hydrogen-bond donors (Lipinski definition) is 2. The molecule has 0 aromatic heterocycles. The van der Waals surface area contributed by atoms with Gasteiger partial charge in [-0.05, 0) is 35.4 Å². The molecule has 1 aliphatic rings. The molecule has 0 bridgehead atoms. The van der Waals surface area contributed by atoms with E-state index in [0.717, 1.165) is 11.1 Å². The van der Waals surface area contributed by atoms with Crippen LogP contribution in [0.1, 0.15) is 12.8 Å². The molecule has 1 amide bonds. The molecule has 0 spiro atoms. The highest BCUT2D eigenvalue weighted by atomic mass is 32.2. The number of hydrogen-bond acceptors (Lipinski definition) is 7. The van der Waals surface area contributed by atoms with E-state index in [4.69, 9.17) is 9.57 Å². The molecule has 0 saturated carbocycles. The van der Waals surface area contributed by atoms with Crippen LogP contribution in [0.3, 0.4) is 0 Å². The smallest absolute Gasteiger partial charge is 0.243 e. The Balaban J connectivity index is 1.39. The Labute approximate surface area is 222 Å². The standard InChI is InChI=1S/C28H31N3O6S/c1-36-30-23-16-24(17-28(33)29-18-25(32)20-37-26-10-6-3-7-11-26)31(19-23)38(34,35)27-14-12-22(13-15-27)21-8-4-2-5-9-21/h2-15,24-25,32H,16-20H2,1H3,(H,29,33)/t24-,25?/m0/s1. The Morgan fingerprint density at radius 1 is 1.03 bits per heavy atom. The molecule has 2 atom stereocenters. The molecule has 0 aliphatic carbocycles. The molecule has 10 heteroatoms. The Hall–Kier alpha value is -3.73. The highest BCUT2D eigenvalue weighted by Crippen LogP contribution is 2.29. The molecular formula is C28H31N3O6S. The van der Waals surface area contributed by atoms with Gasteiger partial charge in [0.25, 0.3) is 0 Å². The van der Waals surface area contributed by atoms with Crippen LogP contribution in [0.4, 0.5) is 0 Å². The number of carbonyl (C=O) groups is 1. The second kappa shape index (κ2) is 12.7. The zero-order chi connectivity index (χ0) is 27.0. The minimum Gasteiger partial charge on any atom is -0.491 e. The number of amides is 1. The van der Waals surface area contributed by atoms with Crippen LogP contribution >= 0.6 is 0 Å². The van der Waals surface area contributed by atoms with Crippen molar-refractivity contribution in [1.29, 1.82) is 0 Å². The van der Waals surface area contributed by atoms with Gasteiger partial charge < -0.3 is 20.0 Å². The predicted molar refractivity (Wildman–Crippen MR) is 144 cm³/mol. The van der Waals surface area contributed by atoms with Crippen molar-refractivity contribution in [3.05, 3.63) is 84.9 Å². The predicted octanol–water partition coefficient (Wildman–Crippen LogP) is 3.07. The second-order valence-electron chi connectivity index (χ2n) is 8.92. The number of nitrogens with zero attached hydrogens (tertiary/aromatic N) is 2. The lowest BCUT2D eigenvalue weighted by Crippen LogP contribution is -2.41. The number of rotatable bonds is 11. The van der Waals surface area contributed by atoms with Crippen molar-refractivity contribution in [3.63, 3.8) is 0 Å². The van der Waals surface area contributed by atoms with E-state index in [1.54, 1.807) is 36.4 Å². The fraction of sp³-hybridized carbons (Fsp3) is 0.286. The number of nitrogens with one attached hydrogen (secondary N) is 1. The number of ether oxygens (including phenoxy) is 1. The largest absolute Gasteiger partial charge is 0.491 e. The summed E-state index contributed by atoms with van der Waals surface area (Å²) in [5, 5.41) is 16.8. The SMILES string of the molecule is CON=C1C[C@@H](CC(=O)NCC(O)COc2ccccc2)N(S(=O)(=O)c2ccc(-c3ccccc3)cc2)C1. The summed E-state index contributed by atoms with van der Waals surface area (Å²) >= 11 is 0. The van der Waals surface area contributed by atoms with Crippen LogP contribution < -0.4 is 10.1 Å². The van der Waals surface area contributed by atoms with E-state index in [1.165, 1.54) is 11.4 Å². The number of carbonyl (C=O) groups excluding carboxylic acids is 1. The van der Waals surface area contributed by atoms with E-state index in [9.17, 15) is 18.3 Å². The van der Waals surface area contributed by atoms with Gasteiger partial charge in [-0.1, -0.05) is 65.8 Å². The first-order chi connectivity index (χ1) is 18.4. The molecule has 1 saturated heterocycles. The monoisotopic (exact) mass is 537 g/mol. The summed E-state index contributed by atoms with van der Waals surface area (Å²) in [4.78, 5) is 17.7. The van der Waals surface area contributed by atoms with Crippen molar-refractivity contribution in [2.24, 2.45) is 5.16 Å². The Morgan fingerprint density at radius 2 is 1.66 bits per heavy atom. The highest BCUT2D eigenvalue weighted by Gasteiger charge is 2.40. The minimum atomic E-state index is -3.91. The number of benzene rings is 3. The molecule has 3 aromatic carbocycles. The summed E-state index contributed by atoms with van der Waals surface area (Å²) < 4.78 is 33.9. The van der Waals surface area contributed by atoms with Gasteiger partial charge in [-0.3, -0.25) is 4.79 Å². The van der Waals surface area contributed by atoms with E-state index in [2.05, 4.69) is 10.5 Å². The lowest BCUT2D eigenvalue weighted by Gasteiger charge is -2.23. The summed E-state index contributed by atoms with van der Waals surface area (Å²) in [6.07, 6.45) is -0.741. The summed E-state index contributed by atoms with van der Waals surface area (Å²) in [5.74, 6) is 0.235. The molecule has 1 unspecified atom stereocenters. The molecule has 0 radical (unpaired) electrons. The third-order valence-corrected chi connectivity index (χ3v) is 8.06. The van der Waals surface area contributed by atoms with Gasteiger partial charge in [0.05, 0.1) is 17.2 Å². The average Bonchev–Trinajstić information content (AvgIpc) is 3.35. The van der Waals surface area contributed by atoms with Crippen LogP contribution in [0.5, 0.6) is 5.75 Å². The van der Waals surface area contributed by atoms with Gasteiger partial charge in [0.2, 0.25) is 15.9 Å². The quantitative estimate of drug-likeness (QED) is 0.363.